The Bertz CT molecular complexity index is 574. The van der Waals surface area contributed by atoms with Gasteiger partial charge in [-0.15, -0.1) is 0 Å². The fraction of sp³-hybridized carbons (Fsp3) is 1.00. The molecule has 0 saturated heterocycles. The van der Waals surface area contributed by atoms with Crippen molar-refractivity contribution < 1.29 is 14.0 Å². The van der Waals surface area contributed by atoms with Crippen LogP contribution in [-0.4, -0.2) is 57.1 Å². The Morgan fingerprint density at radius 1 is 0.690 bits per heavy atom. The standard InChI is InChI=1S/C26H48NO2/c1-23(2)19-9-11-25(23,5)21(17-19)28-15-13-27(7,8)14-16-29-22-18-20-10-12-26(22,6)24(20,3)4/h19-22H,9-18H2,1-8H3/q+1/t19-,20+,21-,22-,25-,26+/m0/s1. The molecule has 4 saturated carbocycles. The minimum absolute atomic E-state index is 0.377. The molecule has 3 heteroatoms. The molecule has 168 valence electrons. The van der Waals surface area contributed by atoms with E-state index in [1.54, 1.807) is 0 Å². The van der Waals surface area contributed by atoms with Crippen molar-refractivity contribution in [2.75, 3.05) is 40.4 Å². The van der Waals surface area contributed by atoms with Gasteiger partial charge in [-0.2, -0.15) is 0 Å². The summed E-state index contributed by atoms with van der Waals surface area (Å²) in [4.78, 5) is 0. The van der Waals surface area contributed by atoms with E-state index in [0.29, 0.717) is 33.9 Å². The summed E-state index contributed by atoms with van der Waals surface area (Å²) < 4.78 is 14.0. The molecule has 0 aromatic rings. The van der Waals surface area contributed by atoms with Gasteiger partial charge in [0.15, 0.2) is 0 Å². The molecule has 0 amide bonds. The van der Waals surface area contributed by atoms with Crippen LogP contribution in [0.4, 0.5) is 0 Å². The van der Waals surface area contributed by atoms with Gasteiger partial charge in [0.2, 0.25) is 0 Å². The predicted octanol–water partition coefficient (Wildman–Crippen LogP) is 5.53. The lowest BCUT2D eigenvalue weighted by Gasteiger charge is -2.40. The molecule has 0 aromatic carbocycles. The van der Waals surface area contributed by atoms with Gasteiger partial charge < -0.3 is 14.0 Å². The average molecular weight is 407 g/mol. The number of hydrogen-bond acceptors (Lipinski definition) is 2. The first-order valence-corrected chi connectivity index (χ1v) is 12.4. The zero-order valence-corrected chi connectivity index (χ0v) is 20.6. The van der Waals surface area contributed by atoms with Gasteiger partial charge in [-0.05, 0) is 72.0 Å². The number of hydrogen-bond donors (Lipinski definition) is 0. The third-order valence-electron chi connectivity index (χ3n) is 11.5. The van der Waals surface area contributed by atoms with E-state index in [-0.39, 0.29) is 0 Å². The van der Waals surface area contributed by atoms with Crippen LogP contribution in [0, 0.1) is 33.5 Å². The molecule has 3 nitrogen and oxygen atoms in total. The van der Waals surface area contributed by atoms with Crippen molar-refractivity contribution in [1.29, 1.82) is 0 Å². The summed E-state index contributed by atoms with van der Waals surface area (Å²) in [6, 6.07) is 0. The van der Waals surface area contributed by atoms with Crippen LogP contribution in [0.1, 0.15) is 80.1 Å². The third-order valence-corrected chi connectivity index (χ3v) is 11.5. The fourth-order valence-electron chi connectivity index (χ4n) is 7.76. The zero-order valence-electron chi connectivity index (χ0n) is 20.6. The van der Waals surface area contributed by atoms with Gasteiger partial charge in [0.25, 0.3) is 0 Å². The number of likely N-dealkylation sites (N-methyl/N-ethyl adjacent to an activating group) is 1. The maximum Gasteiger partial charge on any atom is 0.102 e. The number of nitrogens with zero attached hydrogens (tertiary/aromatic N) is 1. The molecule has 0 aliphatic heterocycles. The summed E-state index contributed by atoms with van der Waals surface area (Å²) in [6.45, 7) is 18.8. The monoisotopic (exact) mass is 406 g/mol. The molecule has 6 atom stereocenters. The Morgan fingerprint density at radius 3 is 1.34 bits per heavy atom. The fourth-order valence-corrected chi connectivity index (χ4v) is 7.76. The highest BCUT2D eigenvalue weighted by Gasteiger charge is 2.62. The highest BCUT2D eigenvalue weighted by atomic mass is 16.5. The van der Waals surface area contributed by atoms with E-state index in [1.807, 2.05) is 0 Å². The van der Waals surface area contributed by atoms with Gasteiger partial charge in [0.1, 0.15) is 13.1 Å². The van der Waals surface area contributed by atoms with Crippen molar-refractivity contribution in [2.24, 2.45) is 33.5 Å². The molecule has 29 heavy (non-hydrogen) atoms. The molecule has 4 aliphatic rings. The van der Waals surface area contributed by atoms with E-state index in [4.69, 9.17) is 9.47 Å². The highest BCUT2D eigenvalue weighted by molar-refractivity contribution is 5.12. The van der Waals surface area contributed by atoms with Gasteiger partial charge in [-0.1, -0.05) is 41.5 Å². The normalized spacial score (nSPS) is 44.7. The lowest BCUT2D eigenvalue weighted by atomic mass is 9.70. The molecule has 0 radical (unpaired) electrons. The third kappa shape index (κ3) is 3.24. The molecule has 4 fully saturated rings. The minimum Gasteiger partial charge on any atom is -0.372 e. The molecule has 0 heterocycles. The maximum atomic E-state index is 6.52. The molecule has 4 bridgehead atoms. The van der Waals surface area contributed by atoms with Crippen molar-refractivity contribution in [2.45, 2.75) is 92.3 Å². The molecule has 0 aromatic heterocycles. The second-order valence-electron chi connectivity index (χ2n) is 13.3. The highest BCUT2D eigenvalue weighted by Crippen LogP contribution is 2.67. The Labute approximate surface area is 180 Å². The quantitative estimate of drug-likeness (QED) is 0.494. The van der Waals surface area contributed by atoms with Crippen molar-refractivity contribution in [1.82, 2.24) is 0 Å². The first kappa shape index (κ1) is 22.1. The van der Waals surface area contributed by atoms with Gasteiger partial charge in [0.05, 0.1) is 39.5 Å². The summed E-state index contributed by atoms with van der Waals surface area (Å²) >= 11 is 0. The van der Waals surface area contributed by atoms with Gasteiger partial charge in [-0.3, -0.25) is 0 Å². The van der Waals surface area contributed by atoms with Crippen LogP contribution in [0.15, 0.2) is 0 Å². The summed E-state index contributed by atoms with van der Waals surface area (Å²) in [5, 5.41) is 0. The van der Waals surface area contributed by atoms with Crippen LogP contribution in [0.2, 0.25) is 0 Å². The second-order valence-corrected chi connectivity index (χ2v) is 13.3. The van der Waals surface area contributed by atoms with Gasteiger partial charge in [0, 0.05) is 0 Å². The first-order chi connectivity index (χ1) is 13.3. The van der Waals surface area contributed by atoms with E-state index < -0.39 is 0 Å². The lowest BCUT2D eigenvalue weighted by Crippen LogP contribution is -2.47. The molecule has 4 rings (SSSR count). The van der Waals surface area contributed by atoms with E-state index in [1.165, 1.54) is 38.5 Å². The molecule has 4 aliphatic carbocycles. The van der Waals surface area contributed by atoms with Crippen molar-refractivity contribution in [3.8, 4) is 0 Å². The van der Waals surface area contributed by atoms with E-state index in [0.717, 1.165) is 42.6 Å². The first-order valence-electron chi connectivity index (χ1n) is 12.4. The second kappa shape index (κ2) is 6.94. The van der Waals surface area contributed by atoms with Gasteiger partial charge >= 0.3 is 0 Å². The largest absolute Gasteiger partial charge is 0.372 e. The molecular weight excluding hydrogens is 358 g/mol. The van der Waals surface area contributed by atoms with Crippen LogP contribution in [0.25, 0.3) is 0 Å². The topological polar surface area (TPSA) is 18.5 Å². The Hall–Kier alpha value is -0.120. The Morgan fingerprint density at radius 2 is 1.07 bits per heavy atom. The van der Waals surface area contributed by atoms with Crippen LogP contribution >= 0.6 is 0 Å². The number of rotatable bonds is 8. The van der Waals surface area contributed by atoms with E-state index in [2.05, 4.69) is 55.6 Å². The van der Waals surface area contributed by atoms with Crippen LogP contribution in [-0.2, 0) is 9.47 Å². The summed E-state index contributed by atoms with van der Waals surface area (Å²) in [5.74, 6) is 1.72. The molecule has 0 spiro atoms. The molecule has 0 N–H and O–H groups in total. The van der Waals surface area contributed by atoms with Crippen LogP contribution in [0.3, 0.4) is 0 Å². The predicted molar refractivity (Wildman–Crippen MR) is 120 cm³/mol. The van der Waals surface area contributed by atoms with Crippen molar-refractivity contribution in [3.63, 3.8) is 0 Å². The summed E-state index contributed by atoms with van der Waals surface area (Å²) in [7, 11) is 4.68. The van der Waals surface area contributed by atoms with E-state index >= 15 is 0 Å². The summed E-state index contributed by atoms with van der Waals surface area (Å²) in [5.41, 5.74) is 1.64. The lowest BCUT2D eigenvalue weighted by molar-refractivity contribution is -0.891. The zero-order chi connectivity index (χ0) is 21.3. The van der Waals surface area contributed by atoms with E-state index in [9.17, 15) is 0 Å². The average Bonchev–Trinajstić information content (AvgIpc) is 3.13. The maximum absolute atomic E-state index is 6.52. The Balaban J connectivity index is 1.21. The summed E-state index contributed by atoms with van der Waals surface area (Å²) in [6.07, 6.45) is 8.97. The minimum atomic E-state index is 0.377. The number of quaternary nitrogens is 1. The van der Waals surface area contributed by atoms with Crippen LogP contribution < -0.4 is 0 Å². The number of fused-ring (bicyclic) bond motifs is 4. The molecule has 0 unspecified atom stereocenters. The SMILES string of the molecule is CC1(C)[C@H]2CC[C@@]1(C)[C@@H](OCC[N+](C)(C)CCO[C@H]1C[C@H]3CC[C@@]1(C)C3(C)C)C2. The van der Waals surface area contributed by atoms with Gasteiger partial charge in [-0.25, -0.2) is 0 Å². The number of ether oxygens (including phenoxy) is 2. The van der Waals surface area contributed by atoms with Crippen molar-refractivity contribution in [3.05, 3.63) is 0 Å². The smallest absolute Gasteiger partial charge is 0.102 e. The van der Waals surface area contributed by atoms with Crippen LogP contribution in [0.5, 0.6) is 0 Å². The Kier molecular flexibility index (Phi) is 5.28. The molecular formula is C26H48NO2+. The van der Waals surface area contributed by atoms with Crippen molar-refractivity contribution >= 4 is 0 Å².